The predicted octanol–water partition coefficient (Wildman–Crippen LogP) is 2.47. The zero-order chi connectivity index (χ0) is 17.0. The number of hydrogen-bond acceptors (Lipinski definition) is 3. The molecule has 0 aliphatic carbocycles. The van der Waals surface area contributed by atoms with E-state index in [0.717, 1.165) is 38.8 Å². The minimum absolute atomic E-state index is 0.171. The third kappa shape index (κ3) is 4.94. The second-order valence-corrected chi connectivity index (χ2v) is 5.77. The highest BCUT2D eigenvalue weighted by Crippen LogP contribution is 2.33. The zero-order valence-electron chi connectivity index (χ0n) is 13.1. The van der Waals surface area contributed by atoms with Crippen molar-refractivity contribution in [3.63, 3.8) is 0 Å². The minimum Gasteiger partial charge on any atom is -0.481 e. The molecule has 0 atom stereocenters. The van der Waals surface area contributed by atoms with Gasteiger partial charge >= 0.3 is 12.1 Å². The predicted molar refractivity (Wildman–Crippen MR) is 80.2 cm³/mol. The van der Waals surface area contributed by atoms with Crippen LogP contribution in [0.4, 0.5) is 13.2 Å². The van der Waals surface area contributed by atoms with E-state index in [1.165, 1.54) is 12.1 Å². The molecular formula is C16H21F3N2O2. The largest absolute Gasteiger partial charge is 0.481 e. The number of nitrogens with zero attached hydrogens (tertiary/aromatic N) is 2. The normalized spacial score (nSPS) is 17.4. The number of carbonyl (C=O) groups is 1. The number of carboxylic acids is 1. The summed E-state index contributed by atoms with van der Waals surface area (Å²) >= 11 is 0. The van der Waals surface area contributed by atoms with E-state index >= 15 is 0 Å². The molecule has 1 aromatic carbocycles. The second-order valence-electron chi connectivity index (χ2n) is 5.77. The van der Waals surface area contributed by atoms with E-state index in [0.29, 0.717) is 0 Å². The molecule has 1 saturated heterocycles. The zero-order valence-corrected chi connectivity index (χ0v) is 13.1. The Bertz CT molecular complexity index is 553. The van der Waals surface area contributed by atoms with Gasteiger partial charge in [-0.05, 0) is 23.7 Å². The van der Waals surface area contributed by atoms with Gasteiger partial charge in [-0.1, -0.05) is 19.1 Å². The Morgan fingerprint density at radius 3 is 2.30 bits per heavy atom. The molecule has 2 rings (SSSR count). The molecule has 0 radical (unpaired) electrons. The van der Waals surface area contributed by atoms with Gasteiger partial charge in [-0.25, -0.2) is 0 Å². The third-order valence-electron chi connectivity index (χ3n) is 4.14. The second kappa shape index (κ2) is 7.31. The Kier molecular flexibility index (Phi) is 5.64. The van der Waals surface area contributed by atoms with Gasteiger partial charge in [-0.2, -0.15) is 13.2 Å². The van der Waals surface area contributed by atoms with Gasteiger partial charge in [0.2, 0.25) is 0 Å². The lowest BCUT2D eigenvalue weighted by molar-refractivity contribution is -0.139. The summed E-state index contributed by atoms with van der Waals surface area (Å²) in [5.74, 6) is -1.14. The van der Waals surface area contributed by atoms with E-state index in [4.69, 9.17) is 5.11 Å². The molecule has 0 unspecified atom stereocenters. The van der Waals surface area contributed by atoms with Gasteiger partial charge in [0.05, 0.1) is 12.0 Å². The van der Waals surface area contributed by atoms with Crippen molar-refractivity contribution < 1.29 is 23.1 Å². The highest BCUT2D eigenvalue weighted by atomic mass is 19.4. The van der Waals surface area contributed by atoms with E-state index in [-0.39, 0.29) is 17.7 Å². The summed E-state index contributed by atoms with van der Waals surface area (Å²) in [6.45, 7) is 6.44. The molecule has 0 saturated carbocycles. The summed E-state index contributed by atoms with van der Waals surface area (Å²) in [5, 5.41) is 8.75. The maximum Gasteiger partial charge on any atom is 0.416 e. The van der Waals surface area contributed by atoms with Gasteiger partial charge < -0.3 is 10.0 Å². The fourth-order valence-corrected chi connectivity index (χ4v) is 2.81. The number of halogens is 3. The summed E-state index contributed by atoms with van der Waals surface area (Å²) in [4.78, 5) is 15.0. The topological polar surface area (TPSA) is 43.8 Å². The molecule has 1 aliphatic heterocycles. The number of likely N-dealkylation sites (N-methyl/N-ethyl adjacent to an activating group) is 1. The monoisotopic (exact) mass is 330 g/mol. The van der Waals surface area contributed by atoms with Crippen LogP contribution >= 0.6 is 0 Å². The van der Waals surface area contributed by atoms with Crippen molar-refractivity contribution in [1.29, 1.82) is 0 Å². The standard InChI is InChI=1S/C16H21F3N2O2/c1-2-20-5-7-21(8-6-20)11-13-4-3-12(10-15(22)23)9-14(13)16(17,18)19/h3-4,9H,2,5-8,10-11H2,1H3,(H,22,23). The first-order valence-corrected chi connectivity index (χ1v) is 7.65. The Balaban J connectivity index is 2.16. The molecule has 0 aromatic heterocycles. The molecule has 128 valence electrons. The molecule has 23 heavy (non-hydrogen) atoms. The maximum absolute atomic E-state index is 13.3. The molecule has 7 heteroatoms. The molecule has 1 aliphatic rings. The molecule has 1 heterocycles. The first-order chi connectivity index (χ1) is 10.8. The molecule has 0 spiro atoms. The molecule has 1 aromatic rings. The van der Waals surface area contributed by atoms with Gasteiger partial charge in [0.1, 0.15) is 0 Å². The van der Waals surface area contributed by atoms with Crippen molar-refractivity contribution in [3.05, 3.63) is 34.9 Å². The fourth-order valence-electron chi connectivity index (χ4n) is 2.81. The average Bonchev–Trinajstić information content (AvgIpc) is 2.48. The van der Waals surface area contributed by atoms with Crippen LogP contribution < -0.4 is 0 Å². The van der Waals surface area contributed by atoms with Crippen LogP contribution in [0, 0.1) is 0 Å². The first-order valence-electron chi connectivity index (χ1n) is 7.65. The Morgan fingerprint density at radius 2 is 1.78 bits per heavy atom. The van der Waals surface area contributed by atoms with Crippen molar-refractivity contribution in [2.24, 2.45) is 0 Å². The molecular weight excluding hydrogens is 309 g/mol. The van der Waals surface area contributed by atoms with Crippen LogP contribution in [0.1, 0.15) is 23.6 Å². The summed E-state index contributed by atoms with van der Waals surface area (Å²) in [5.41, 5.74) is -0.352. The van der Waals surface area contributed by atoms with E-state index in [1.54, 1.807) is 0 Å². The van der Waals surface area contributed by atoms with Crippen LogP contribution in [0.15, 0.2) is 18.2 Å². The Hall–Kier alpha value is -1.60. The number of piperazine rings is 1. The molecule has 1 N–H and O–H groups in total. The lowest BCUT2D eigenvalue weighted by Gasteiger charge is -2.34. The van der Waals surface area contributed by atoms with E-state index in [2.05, 4.69) is 11.8 Å². The Morgan fingerprint density at radius 1 is 1.17 bits per heavy atom. The number of alkyl halides is 3. The number of hydrogen-bond donors (Lipinski definition) is 1. The SMILES string of the molecule is CCN1CCN(Cc2ccc(CC(=O)O)cc2C(F)(F)F)CC1. The van der Waals surface area contributed by atoms with Gasteiger partial charge in [-0.3, -0.25) is 9.69 Å². The highest BCUT2D eigenvalue weighted by molar-refractivity contribution is 5.70. The van der Waals surface area contributed by atoms with Crippen molar-refractivity contribution in [3.8, 4) is 0 Å². The van der Waals surface area contributed by atoms with Crippen LogP contribution in [0.5, 0.6) is 0 Å². The summed E-state index contributed by atoms with van der Waals surface area (Å²) in [6.07, 6.45) is -4.88. The van der Waals surface area contributed by atoms with Crippen molar-refractivity contribution >= 4 is 5.97 Å². The first kappa shape index (κ1) is 17.7. The van der Waals surface area contributed by atoms with Crippen molar-refractivity contribution in [1.82, 2.24) is 9.80 Å². The Labute approximate surface area is 133 Å². The van der Waals surface area contributed by atoms with Gasteiger partial charge in [0.25, 0.3) is 0 Å². The molecule has 0 bridgehead atoms. The molecule has 4 nitrogen and oxygen atoms in total. The van der Waals surface area contributed by atoms with Crippen molar-refractivity contribution in [2.45, 2.75) is 26.1 Å². The summed E-state index contributed by atoms with van der Waals surface area (Å²) in [6, 6.07) is 3.85. The van der Waals surface area contributed by atoms with E-state index in [1.807, 2.05) is 4.90 Å². The minimum atomic E-state index is -4.48. The van der Waals surface area contributed by atoms with E-state index < -0.39 is 24.1 Å². The van der Waals surface area contributed by atoms with Crippen LogP contribution in [0.3, 0.4) is 0 Å². The van der Waals surface area contributed by atoms with Crippen LogP contribution in [-0.4, -0.2) is 53.6 Å². The lowest BCUT2D eigenvalue weighted by Crippen LogP contribution is -2.45. The quantitative estimate of drug-likeness (QED) is 0.901. The number of rotatable bonds is 5. The fraction of sp³-hybridized carbons (Fsp3) is 0.562. The number of carboxylic acid groups (broad SMARTS) is 1. The van der Waals surface area contributed by atoms with Crippen LogP contribution in [0.2, 0.25) is 0 Å². The average molecular weight is 330 g/mol. The lowest BCUT2D eigenvalue weighted by atomic mass is 10.0. The van der Waals surface area contributed by atoms with Crippen LogP contribution in [0.25, 0.3) is 0 Å². The molecule has 1 fully saturated rings. The van der Waals surface area contributed by atoms with Crippen molar-refractivity contribution in [2.75, 3.05) is 32.7 Å². The number of aliphatic carboxylic acids is 1. The summed E-state index contributed by atoms with van der Waals surface area (Å²) < 4.78 is 39.8. The van der Waals surface area contributed by atoms with E-state index in [9.17, 15) is 18.0 Å². The van der Waals surface area contributed by atoms with Gasteiger partial charge in [-0.15, -0.1) is 0 Å². The van der Waals surface area contributed by atoms with Gasteiger partial charge in [0.15, 0.2) is 0 Å². The van der Waals surface area contributed by atoms with Crippen LogP contribution in [-0.2, 0) is 23.9 Å². The third-order valence-corrected chi connectivity index (χ3v) is 4.14. The van der Waals surface area contributed by atoms with Gasteiger partial charge in [0, 0.05) is 32.7 Å². The summed E-state index contributed by atoms with van der Waals surface area (Å²) in [7, 11) is 0. The molecule has 0 amide bonds. The highest BCUT2D eigenvalue weighted by Gasteiger charge is 2.34. The maximum atomic E-state index is 13.3. The number of benzene rings is 1. The smallest absolute Gasteiger partial charge is 0.416 e.